The van der Waals surface area contributed by atoms with Crippen molar-refractivity contribution in [1.29, 1.82) is 0 Å². The van der Waals surface area contributed by atoms with E-state index in [1.54, 1.807) is 0 Å². The van der Waals surface area contributed by atoms with Crippen LogP contribution in [0.2, 0.25) is 0 Å². The molecule has 6 heteroatoms. The normalized spacial score (nSPS) is 5.83. The molecular weight excluding hydrogens is 126 g/mol. The molecule has 0 aromatic carbocycles. The summed E-state index contributed by atoms with van der Waals surface area (Å²) in [6.45, 7) is 0. The van der Waals surface area contributed by atoms with Gasteiger partial charge in [-0.05, 0) is 0 Å². The Morgan fingerprint density at radius 1 is 1.17 bits per heavy atom. The minimum absolute atomic E-state index is 0. The van der Waals surface area contributed by atoms with Gasteiger partial charge in [0.25, 0.3) is 11.4 Å². The largest absolute Gasteiger partial charge is 0.299 e. The molecule has 0 unspecified atom stereocenters. The molecule has 0 aliphatic rings. The number of hydrogen-bond acceptors (Lipinski definition) is 1. The Balaban J connectivity index is -0.0000000450. The summed E-state index contributed by atoms with van der Waals surface area (Å²) in [5.41, 5.74) is 0. The van der Waals surface area contributed by atoms with E-state index in [4.69, 9.17) is 13.3 Å². The predicted molar refractivity (Wildman–Crippen MR) is 24.9 cm³/mol. The second-order valence-corrected chi connectivity index (χ2v) is 0.692. The van der Waals surface area contributed by atoms with Gasteiger partial charge in [-0.3, -0.25) is 9.11 Å². The van der Waals surface area contributed by atoms with Gasteiger partial charge in [-0.15, -0.1) is 0 Å². The quantitative estimate of drug-likeness (QED) is 0.322. The van der Waals surface area contributed by atoms with Crippen molar-refractivity contribution in [2.75, 3.05) is 0 Å². The summed E-state index contributed by atoms with van der Waals surface area (Å²) in [6.07, 6.45) is 0. The van der Waals surface area contributed by atoms with E-state index in [9.17, 15) is 0 Å². The van der Waals surface area contributed by atoms with Crippen molar-refractivity contribution in [1.82, 2.24) is 0 Å². The summed E-state index contributed by atoms with van der Waals surface area (Å²) in [4.78, 5) is 0. The van der Waals surface area contributed by atoms with Crippen LogP contribution in [0, 0.1) is 0 Å². The molecule has 0 rings (SSSR count). The van der Waals surface area contributed by atoms with Crippen molar-refractivity contribution in [3.63, 3.8) is 0 Å². The maximum absolute atomic E-state index is 8.67. The third-order valence-corrected chi connectivity index (χ3v) is 0. The van der Waals surface area contributed by atoms with E-state index in [0.29, 0.717) is 0 Å². The molecule has 0 aromatic rings. The van der Waals surface area contributed by atoms with Gasteiger partial charge in [-0.1, -0.05) is 0 Å². The third-order valence-electron chi connectivity index (χ3n) is 0. The van der Waals surface area contributed by atoms with Gasteiger partial charge in [0.1, 0.15) is 0 Å². The summed E-state index contributed by atoms with van der Waals surface area (Å²) in [7, 11) is 0. The first-order valence-corrected chi connectivity index (χ1v) is 1.60. The summed E-state index contributed by atoms with van der Waals surface area (Å²) >= 11 is -2.61. The number of hydrogen-bond donors (Lipinski definition) is 2. The third kappa shape index (κ3) is 36.4. The molecule has 0 heterocycles. The molecule has 2 radical (unpaired) electrons. The molecule has 0 saturated carbocycles. The molecule has 0 aliphatic carbocycles. The average Bonchev–Trinajstić information content (AvgIpc) is 0.811. The Morgan fingerprint density at radius 2 is 1.17 bits per heavy atom. The van der Waals surface area contributed by atoms with Crippen LogP contribution in [0.25, 0.3) is 0 Å². The molecule has 28 valence electrons. The zero-order valence-corrected chi connectivity index (χ0v) is 8.53. The molecule has 0 amide bonds. The van der Waals surface area contributed by atoms with Crippen molar-refractivity contribution in [3.8, 4) is 0 Å². The van der Waals surface area contributed by atoms with Crippen LogP contribution in [0.15, 0.2) is 0 Å². The SMILES string of the molecule is O=S(O)O.[Na].[Na]. The second-order valence-electron chi connectivity index (χ2n) is 0.231. The zero-order chi connectivity index (χ0) is 3.58. The van der Waals surface area contributed by atoms with Crippen LogP contribution in [0.5, 0.6) is 0 Å². The maximum atomic E-state index is 8.67. The summed E-state index contributed by atoms with van der Waals surface area (Å²) in [6, 6.07) is 0. The van der Waals surface area contributed by atoms with E-state index < -0.39 is 11.4 Å². The van der Waals surface area contributed by atoms with Crippen LogP contribution in [-0.4, -0.2) is 72.4 Å². The van der Waals surface area contributed by atoms with Crippen molar-refractivity contribution in [2.24, 2.45) is 0 Å². The van der Waals surface area contributed by atoms with Crippen molar-refractivity contribution in [2.45, 2.75) is 0 Å². The fourth-order valence-electron chi connectivity index (χ4n) is 0. The standard InChI is InChI=1S/2Na.H2O3S/c;;1-4(2)3/h;;(H2,1,2,3). The predicted octanol–water partition coefficient (Wildman–Crippen LogP) is -1.08. The van der Waals surface area contributed by atoms with Crippen LogP contribution in [0.3, 0.4) is 0 Å². The fourth-order valence-corrected chi connectivity index (χ4v) is 0. The van der Waals surface area contributed by atoms with Crippen LogP contribution in [0.4, 0.5) is 0 Å². The molecule has 0 fully saturated rings. The van der Waals surface area contributed by atoms with E-state index in [-0.39, 0.29) is 59.1 Å². The molecule has 0 aromatic heterocycles. The second kappa shape index (κ2) is 10.1. The van der Waals surface area contributed by atoms with Gasteiger partial charge in [-0.25, -0.2) is 0 Å². The summed E-state index contributed by atoms with van der Waals surface area (Å²) in [5, 5.41) is 0. The number of rotatable bonds is 0. The summed E-state index contributed by atoms with van der Waals surface area (Å²) in [5.74, 6) is 0. The van der Waals surface area contributed by atoms with Gasteiger partial charge in [0.2, 0.25) is 0 Å². The minimum atomic E-state index is -2.61. The topological polar surface area (TPSA) is 57.5 Å². The van der Waals surface area contributed by atoms with Crippen molar-refractivity contribution >= 4 is 70.5 Å². The Labute approximate surface area is 82.6 Å². The monoisotopic (exact) mass is 128 g/mol. The van der Waals surface area contributed by atoms with Crippen LogP contribution in [0.1, 0.15) is 0 Å². The van der Waals surface area contributed by atoms with E-state index in [2.05, 4.69) is 0 Å². The first-order chi connectivity index (χ1) is 1.73. The Bertz CT molecular complexity index is 31.8. The van der Waals surface area contributed by atoms with Crippen molar-refractivity contribution < 1.29 is 13.3 Å². The fraction of sp³-hybridized carbons (Fsp3) is 0. The molecule has 6 heavy (non-hydrogen) atoms. The molecular formula is H2Na2O3S. The van der Waals surface area contributed by atoms with Crippen LogP contribution >= 0.6 is 0 Å². The molecule has 0 spiro atoms. The van der Waals surface area contributed by atoms with Crippen LogP contribution < -0.4 is 0 Å². The van der Waals surface area contributed by atoms with Gasteiger partial charge in [-0.2, -0.15) is 4.21 Å². The molecule has 0 aliphatic heterocycles. The Kier molecular flexibility index (Phi) is 26.5. The zero-order valence-electron chi connectivity index (χ0n) is 3.71. The minimum Gasteiger partial charge on any atom is -0.284 e. The molecule has 0 bridgehead atoms. The average molecular weight is 128 g/mol. The van der Waals surface area contributed by atoms with E-state index in [1.807, 2.05) is 0 Å². The van der Waals surface area contributed by atoms with E-state index >= 15 is 0 Å². The van der Waals surface area contributed by atoms with Crippen LogP contribution in [-0.2, 0) is 11.4 Å². The van der Waals surface area contributed by atoms with Gasteiger partial charge in [0.15, 0.2) is 0 Å². The van der Waals surface area contributed by atoms with E-state index in [0.717, 1.165) is 0 Å². The maximum Gasteiger partial charge on any atom is 0.299 e. The van der Waals surface area contributed by atoms with Gasteiger partial charge in [0.05, 0.1) is 0 Å². The van der Waals surface area contributed by atoms with Crippen molar-refractivity contribution in [3.05, 3.63) is 0 Å². The first-order valence-electron chi connectivity index (χ1n) is 0.532. The van der Waals surface area contributed by atoms with Gasteiger partial charge >= 0.3 is 0 Å². The Hall–Kier alpha value is 2.07. The molecule has 2 N–H and O–H groups in total. The molecule has 0 atom stereocenters. The van der Waals surface area contributed by atoms with Gasteiger partial charge in [0, 0.05) is 59.1 Å². The molecule has 0 saturated heterocycles. The first kappa shape index (κ1) is 15.7. The van der Waals surface area contributed by atoms with E-state index in [1.165, 1.54) is 0 Å². The summed E-state index contributed by atoms with van der Waals surface area (Å²) < 4.78 is 22.8. The molecule has 3 nitrogen and oxygen atoms in total. The van der Waals surface area contributed by atoms with Gasteiger partial charge < -0.3 is 0 Å². The Morgan fingerprint density at radius 3 is 1.17 bits per heavy atom. The smallest absolute Gasteiger partial charge is 0.284 e.